The largest absolute Gasteiger partial charge is 0.489 e. The Morgan fingerprint density at radius 1 is 1.00 bits per heavy atom. The second-order valence-corrected chi connectivity index (χ2v) is 9.51. The number of hydrogen-bond donors (Lipinski definition) is 3. The van der Waals surface area contributed by atoms with E-state index in [4.69, 9.17) is 16.3 Å². The Kier molecular flexibility index (Phi) is 8.38. The van der Waals surface area contributed by atoms with Crippen LogP contribution < -0.4 is 25.6 Å². The number of rotatable bonds is 8. The van der Waals surface area contributed by atoms with Crippen molar-refractivity contribution < 1.29 is 9.53 Å². The second kappa shape index (κ2) is 12.4. The van der Waals surface area contributed by atoms with E-state index in [2.05, 4.69) is 50.1 Å². The molecule has 5 rings (SSSR count). The van der Waals surface area contributed by atoms with Crippen molar-refractivity contribution in [1.29, 1.82) is 0 Å². The van der Waals surface area contributed by atoms with E-state index in [0.717, 1.165) is 48.4 Å². The van der Waals surface area contributed by atoms with Crippen molar-refractivity contribution in [2.75, 3.05) is 36.4 Å². The second-order valence-electron chi connectivity index (χ2n) is 9.07. The summed E-state index contributed by atoms with van der Waals surface area (Å²) in [7, 11) is 0. The van der Waals surface area contributed by atoms with E-state index in [1.807, 2.05) is 54.6 Å². The van der Waals surface area contributed by atoms with Crippen LogP contribution in [0.1, 0.15) is 11.1 Å². The molecule has 1 saturated heterocycles. The van der Waals surface area contributed by atoms with Crippen LogP contribution >= 0.6 is 11.6 Å². The molecular weight excluding hydrogens is 498 g/mol. The fraction of sp³-hybridized carbons (Fsp3) is 0.200. The Morgan fingerprint density at radius 2 is 1.84 bits per heavy atom. The van der Waals surface area contributed by atoms with Gasteiger partial charge >= 0.3 is 6.03 Å². The number of anilines is 2. The van der Waals surface area contributed by atoms with Crippen LogP contribution in [0.5, 0.6) is 5.75 Å². The first kappa shape index (κ1) is 25.6. The molecule has 7 nitrogen and oxygen atoms in total. The molecule has 1 aliphatic heterocycles. The lowest BCUT2D eigenvalue weighted by Gasteiger charge is -2.29. The number of amides is 2. The summed E-state index contributed by atoms with van der Waals surface area (Å²) in [5, 5.41) is 9.75. The normalized spacial score (nSPS) is 13.1. The molecule has 2 heterocycles. The summed E-state index contributed by atoms with van der Waals surface area (Å²) in [4.78, 5) is 18.7. The molecule has 1 aromatic heterocycles. The number of ether oxygens (including phenoxy) is 1. The van der Waals surface area contributed by atoms with Gasteiger partial charge in [-0.2, -0.15) is 0 Å². The molecule has 0 atom stereocenters. The SMILES string of the molecule is O=C(NCc1cccnc1)Nc1ccc(OCc2ccc(Cl)cc2-c2cccc(N3CCNCC3)c2)cc1. The maximum absolute atomic E-state index is 12.2. The molecule has 1 fully saturated rings. The number of pyridine rings is 1. The lowest BCUT2D eigenvalue weighted by Crippen LogP contribution is -2.43. The maximum Gasteiger partial charge on any atom is 0.319 e. The summed E-state index contributed by atoms with van der Waals surface area (Å²) in [6.07, 6.45) is 3.43. The van der Waals surface area contributed by atoms with Crippen molar-refractivity contribution in [1.82, 2.24) is 15.6 Å². The van der Waals surface area contributed by atoms with E-state index >= 15 is 0 Å². The number of halogens is 1. The van der Waals surface area contributed by atoms with Gasteiger partial charge in [-0.1, -0.05) is 35.9 Å². The molecule has 0 unspecified atom stereocenters. The van der Waals surface area contributed by atoms with Gasteiger partial charge in [-0.3, -0.25) is 4.98 Å². The average Bonchev–Trinajstić information content (AvgIpc) is 2.97. The predicted octanol–water partition coefficient (Wildman–Crippen LogP) is 5.71. The van der Waals surface area contributed by atoms with E-state index < -0.39 is 0 Å². The highest BCUT2D eigenvalue weighted by Crippen LogP contribution is 2.31. The predicted molar refractivity (Wildman–Crippen MR) is 153 cm³/mol. The van der Waals surface area contributed by atoms with Crippen LogP contribution in [-0.4, -0.2) is 37.2 Å². The first-order valence-electron chi connectivity index (χ1n) is 12.7. The molecule has 0 radical (unpaired) electrons. The third kappa shape index (κ3) is 6.82. The number of carbonyl (C=O) groups excluding carboxylic acids is 1. The number of aromatic nitrogens is 1. The Labute approximate surface area is 227 Å². The number of urea groups is 1. The zero-order valence-electron chi connectivity index (χ0n) is 21.0. The van der Waals surface area contributed by atoms with Crippen molar-refractivity contribution in [3.05, 3.63) is 107 Å². The van der Waals surface area contributed by atoms with Crippen molar-refractivity contribution in [2.45, 2.75) is 13.2 Å². The van der Waals surface area contributed by atoms with Crippen LogP contribution in [0.15, 0.2) is 91.3 Å². The maximum atomic E-state index is 12.2. The van der Waals surface area contributed by atoms with Crippen LogP contribution in [0.2, 0.25) is 5.02 Å². The fourth-order valence-corrected chi connectivity index (χ4v) is 4.56. The summed E-state index contributed by atoms with van der Waals surface area (Å²) in [5.74, 6) is 0.710. The van der Waals surface area contributed by atoms with Gasteiger partial charge in [-0.25, -0.2) is 4.79 Å². The zero-order chi connectivity index (χ0) is 26.2. The van der Waals surface area contributed by atoms with Crippen LogP contribution in [0, 0.1) is 0 Å². The number of piperazine rings is 1. The third-order valence-corrected chi connectivity index (χ3v) is 6.63. The van der Waals surface area contributed by atoms with Crippen molar-refractivity contribution in [2.24, 2.45) is 0 Å². The van der Waals surface area contributed by atoms with Crippen molar-refractivity contribution >= 4 is 29.0 Å². The Morgan fingerprint density at radius 3 is 2.63 bits per heavy atom. The summed E-state index contributed by atoms with van der Waals surface area (Å²) in [6, 6.07) is 25.3. The van der Waals surface area contributed by atoms with Gasteiger partial charge in [-0.05, 0) is 76.9 Å². The first-order chi connectivity index (χ1) is 18.6. The molecule has 0 saturated carbocycles. The number of nitrogens with one attached hydrogen (secondary N) is 3. The van der Waals surface area contributed by atoms with Crippen molar-refractivity contribution in [3.8, 4) is 16.9 Å². The third-order valence-electron chi connectivity index (χ3n) is 6.39. The summed E-state index contributed by atoms with van der Waals surface area (Å²) in [5.41, 5.74) is 6.03. The first-order valence-corrected chi connectivity index (χ1v) is 13.0. The topological polar surface area (TPSA) is 78.5 Å². The van der Waals surface area contributed by atoms with E-state index in [1.54, 1.807) is 12.4 Å². The molecular formula is C30H30ClN5O2. The van der Waals surface area contributed by atoms with Crippen LogP contribution in [0.3, 0.4) is 0 Å². The Balaban J connectivity index is 1.21. The number of hydrogen-bond acceptors (Lipinski definition) is 5. The molecule has 4 aromatic rings. The quantitative estimate of drug-likeness (QED) is 0.273. The van der Waals surface area contributed by atoms with Gasteiger partial charge < -0.3 is 25.6 Å². The van der Waals surface area contributed by atoms with Gasteiger partial charge in [0.25, 0.3) is 0 Å². The van der Waals surface area contributed by atoms with E-state index in [0.29, 0.717) is 29.6 Å². The lowest BCUT2D eigenvalue weighted by molar-refractivity contribution is 0.251. The highest BCUT2D eigenvalue weighted by Gasteiger charge is 2.13. The van der Waals surface area contributed by atoms with Gasteiger partial charge in [-0.15, -0.1) is 0 Å². The smallest absolute Gasteiger partial charge is 0.319 e. The van der Waals surface area contributed by atoms with E-state index in [1.165, 1.54) is 5.69 Å². The number of carbonyl (C=O) groups is 1. The number of benzene rings is 3. The molecule has 0 bridgehead atoms. The van der Waals surface area contributed by atoms with Crippen LogP contribution in [0.4, 0.5) is 16.2 Å². The standard InChI is InChI=1S/C30H30ClN5O2/c31-25-7-6-24(29(18-25)23-4-1-5-27(17-23)36-15-13-32-14-16-36)21-38-28-10-8-26(9-11-28)35-30(37)34-20-22-3-2-12-33-19-22/h1-12,17-19,32H,13-16,20-21H2,(H2,34,35,37). The fourth-order valence-electron chi connectivity index (χ4n) is 4.39. The molecule has 3 aromatic carbocycles. The molecule has 38 heavy (non-hydrogen) atoms. The highest BCUT2D eigenvalue weighted by molar-refractivity contribution is 6.30. The van der Waals surface area contributed by atoms with Crippen LogP contribution in [0.25, 0.3) is 11.1 Å². The van der Waals surface area contributed by atoms with Gasteiger partial charge in [0, 0.05) is 61.5 Å². The molecule has 0 aliphatic carbocycles. The monoisotopic (exact) mass is 527 g/mol. The minimum Gasteiger partial charge on any atom is -0.489 e. The zero-order valence-corrected chi connectivity index (χ0v) is 21.7. The molecule has 0 spiro atoms. The van der Waals surface area contributed by atoms with Gasteiger partial charge in [0.1, 0.15) is 12.4 Å². The molecule has 2 amide bonds. The Hall–Kier alpha value is -4.07. The minimum atomic E-state index is -0.281. The lowest BCUT2D eigenvalue weighted by atomic mass is 9.99. The summed E-state index contributed by atoms with van der Waals surface area (Å²) < 4.78 is 6.11. The number of nitrogens with zero attached hydrogens (tertiary/aromatic N) is 2. The molecule has 1 aliphatic rings. The van der Waals surface area contributed by atoms with E-state index in [-0.39, 0.29) is 6.03 Å². The summed E-state index contributed by atoms with van der Waals surface area (Å²) >= 11 is 6.39. The minimum absolute atomic E-state index is 0.281. The molecule has 194 valence electrons. The van der Waals surface area contributed by atoms with Crippen LogP contribution in [-0.2, 0) is 13.2 Å². The van der Waals surface area contributed by atoms with Gasteiger partial charge in [0.15, 0.2) is 0 Å². The highest BCUT2D eigenvalue weighted by atomic mass is 35.5. The van der Waals surface area contributed by atoms with Crippen molar-refractivity contribution in [3.63, 3.8) is 0 Å². The average molecular weight is 528 g/mol. The molecule has 3 N–H and O–H groups in total. The van der Waals surface area contributed by atoms with Gasteiger partial charge in [0.05, 0.1) is 0 Å². The molecule has 8 heteroatoms. The summed E-state index contributed by atoms with van der Waals surface area (Å²) in [6.45, 7) is 4.76. The Bertz CT molecular complexity index is 1360. The van der Waals surface area contributed by atoms with Gasteiger partial charge in [0.2, 0.25) is 0 Å². The van der Waals surface area contributed by atoms with E-state index in [9.17, 15) is 4.79 Å².